The van der Waals surface area contributed by atoms with Crippen molar-refractivity contribution in [1.29, 1.82) is 0 Å². The smallest absolute Gasteiger partial charge is 0.200 e. The Morgan fingerprint density at radius 3 is 1.89 bits per heavy atom. The van der Waals surface area contributed by atoms with Crippen molar-refractivity contribution in [2.45, 2.75) is 26.6 Å². The van der Waals surface area contributed by atoms with Gasteiger partial charge in [0.15, 0.2) is 23.3 Å². The Morgan fingerprint density at radius 1 is 1.05 bits per heavy atom. The van der Waals surface area contributed by atoms with E-state index in [0.717, 1.165) is 0 Å². The summed E-state index contributed by atoms with van der Waals surface area (Å²) in [4.78, 5) is 4.45. The van der Waals surface area contributed by atoms with Gasteiger partial charge in [-0.2, -0.15) is 0 Å². The van der Waals surface area contributed by atoms with Gasteiger partial charge in [-0.05, 0) is 13.8 Å². The molecule has 0 saturated heterocycles. The molecule has 0 radical (unpaired) electrons. The number of nitrogens with zero attached hydrogens (tertiary/aromatic N) is 1. The molecule has 0 bridgehead atoms. The highest BCUT2D eigenvalue weighted by molar-refractivity contribution is 5.85. The van der Waals surface area contributed by atoms with Gasteiger partial charge in [0, 0.05) is 0 Å². The quantitative estimate of drug-likeness (QED) is 0.303. The number of hydrogen-bond acceptors (Lipinski definition) is 3. The molecular weight excluding hydrogens is 273 g/mol. The Morgan fingerprint density at radius 2 is 1.47 bits per heavy atom. The normalized spacial score (nSPS) is 13.6. The molecule has 0 aliphatic rings. The first-order chi connectivity index (χ1) is 8.77. The molecule has 0 aromatic heterocycles. The molecule has 0 spiro atoms. The van der Waals surface area contributed by atoms with Crippen LogP contribution in [0.15, 0.2) is 5.16 Å². The van der Waals surface area contributed by atoms with Crippen LogP contribution in [0.25, 0.3) is 0 Å². The van der Waals surface area contributed by atoms with Crippen LogP contribution in [0, 0.1) is 29.1 Å². The molecule has 0 fully saturated rings. The first-order valence-electron chi connectivity index (χ1n) is 5.12. The second-order valence-corrected chi connectivity index (χ2v) is 3.73. The molecule has 0 amide bonds. The summed E-state index contributed by atoms with van der Waals surface area (Å²) < 4.78 is 64.7. The van der Waals surface area contributed by atoms with E-state index in [4.69, 9.17) is 5.11 Å². The zero-order valence-electron chi connectivity index (χ0n) is 9.98. The minimum Gasteiger partial charge on any atom is -0.391 e. The lowest BCUT2D eigenvalue weighted by molar-refractivity contribution is 0.118. The van der Waals surface area contributed by atoms with Crippen molar-refractivity contribution in [2.75, 3.05) is 0 Å². The van der Waals surface area contributed by atoms with Gasteiger partial charge in [-0.15, -0.1) is 0 Å². The SMILES string of the molecule is CC(=NOCc1c(F)c(F)c(F)c(F)c1F)C(C)O. The molecule has 1 atom stereocenters. The fourth-order valence-corrected chi connectivity index (χ4v) is 1.05. The van der Waals surface area contributed by atoms with Crippen LogP contribution in [-0.4, -0.2) is 16.9 Å². The second kappa shape index (κ2) is 5.96. The third-order valence-electron chi connectivity index (χ3n) is 2.32. The van der Waals surface area contributed by atoms with E-state index < -0.39 is 47.4 Å². The first-order valence-corrected chi connectivity index (χ1v) is 5.12. The van der Waals surface area contributed by atoms with Crippen LogP contribution >= 0.6 is 0 Å². The van der Waals surface area contributed by atoms with Crippen molar-refractivity contribution in [1.82, 2.24) is 0 Å². The standard InChI is InChI=1S/C11H10F5NO2/c1-4(5(2)18)17-19-3-6-7(12)9(14)11(16)10(15)8(6)13/h5,18H,3H2,1-2H3. The van der Waals surface area contributed by atoms with Crippen LogP contribution in [-0.2, 0) is 11.4 Å². The van der Waals surface area contributed by atoms with Gasteiger partial charge in [0.2, 0.25) is 5.82 Å². The fraction of sp³-hybridized carbons (Fsp3) is 0.364. The summed E-state index contributed by atoms with van der Waals surface area (Å²) in [5, 5.41) is 12.3. The predicted molar refractivity (Wildman–Crippen MR) is 55.8 cm³/mol. The lowest BCUT2D eigenvalue weighted by Crippen LogP contribution is -2.13. The van der Waals surface area contributed by atoms with Crippen molar-refractivity contribution >= 4 is 5.71 Å². The minimum atomic E-state index is -2.23. The molecule has 0 saturated carbocycles. The Kier molecular flexibility index (Phi) is 4.82. The number of benzene rings is 1. The second-order valence-electron chi connectivity index (χ2n) is 3.73. The molecule has 3 nitrogen and oxygen atoms in total. The highest BCUT2D eigenvalue weighted by Gasteiger charge is 2.25. The third-order valence-corrected chi connectivity index (χ3v) is 2.32. The maximum Gasteiger partial charge on any atom is 0.200 e. The maximum atomic E-state index is 13.2. The predicted octanol–water partition coefficient (Wildman–Crippen LogP) is 2.66. The van der Waals surface area contributed by atoms with Gasteiger partial charge < -0.3 is 9.94 Å². The van der Waals surface area contributed by atoms with Crippen LogP contribution in [0.2, 0.25) is 0 Å². The van der Waals surface area contributed by atoms with Gasteiger partial charge in [0.05, 0.1) is 17.4 Å². The van der Waals surface area contributed by atoms with E-state index in [1.165, 1.54) is 13.8 Å². The van der Waals surface area contributed by atoms with Crippen LogP contribution in [0.5, 0.6) is 0 Å². The molecule has 106 valence electrons. The minimum absolute atomic E-state index is 0.0869. The Bertz CT molecular complexity index is 487. The summed E-state index contributed by atoms with van der Waals surface area (Å²) in [6.45, 7) is 1.78. The summed E-state index contributed by atoms with van der Waals surface area (Å²) in [6, 6.07) is 0. The number of oxime groups is 1. The van der Waals surface area contributed by atoms with E-state index in [2.05, 4.69) is 9.99 Å². The van der Waals surface area contributed by atoms with Crippen molar-refractivity contribution in [3.63, 3.8) is 0 Å². The van der Waals surface area contributed by atoms with Crippen molar-refractivity contribution in [3.8, 4) is 0 Å². The van der Waals surface area contributed by atoms with Crippen LogP contribution in [0.4, 0.5) is 22.0 Å². The van der Waals surface area contributed by atoms with Crippen LogP contribution in [0.1, 0.15) is 19.4 Å². The summed E-state index contributed by atoms with van der Waals surface area (Å²) in [7, 11) is 0. The number of rotatable bonds is 4. The molecule has 0 aliphatic heterocycles. The molecule has 1 unspecified atom stereocenters. The molecule has 1 rings (SSSR count). The maximum absolute atomic E-state index is 13.2. The highest BCUT2D eigenvalue weighted by atomic mass is 19.2. The zero-order chi connectivity index (χ0) is 14.7. The number of aliphatic hydroxyl groups excluding tert-OH is 1. The van der Waals surface area contributed by atoms with Crippen molar-refractivity contribution in [3.05, 3.63) is 34.6 Å². The Labute approximate surface area is 105 Å². The molecule has 1 N–H and O–H groups in total. The first kappa shape index (κ1) is 15.4. The Balaban J connectivity index is 3.00. The van der Waals surface area contributed by atoms with Gasteiger partial charge in [-0.3, -0.25) is 0 Å². The fourth-order valence-electron chi connectivity index (χ4n) is 1.05. The van der Waals surface area contributed by atoms with Gasteiger partial charge in [0.1, 0.15) is 6.61 Å². The average molecular weight is 283 g/mol. The van der Waals surface area contributed by atoms with Crippen molar-refractivity contribution in [2.24, 2.45) is 5.16 Å². The van der Waals surface area contributed by atoms with E-state index in [1.807, 2.05) is 0 Å². The monoisotopic (exact) mass is 283 g/mol. The van der Waals surface area contributed by atoms with E-state index in [9.17, 15) is 22.0 Å². The molecular formula is C11H10F5NO2. The molecule has 1 aromatic carbocycles. The van der Waals surface area contributed by atoms with Gasteiger partial charge in [-0.25, -0.2) is 22.0 Å². The number of halogens is 5. The molecule has 0 heterocycles. The third kappa shape index (κ3) is 3.19. The summed E-state index contributed by atoms with van der Waals surface area (Å²) in [5.74, 6) is -10.3. The average Bonchev–Trinajstić information content (AvgIpc) is 2.37. The largest absolute Gasteiger partial charge is 0.391 e. The topological polar surface area (TPSA) is 41.8 Å². The summed E-state index contributed by atoms with van der Waals surface area (Å²) in [6.07, 6.45) is -0.962. The number of hydrogen-bond donors (Lipinski definition) is 1. The van der Waals surface area contributed by atoms with E-state index >= 15 is 0 Å². The summed E-state index contributed by atoms with van der Waals surface area (Å²) in [5.41, 5.74) is -1.04. The molecule has 0 aliphatic carbocycles. The van der Waals surface area contributed by atoms with Gasteiger partial charge in [-0.1, -0.05) is 5.16 Å². The molecule has 1 aromatic rings. The van der Waals surface area contributed by atoms with Crippen molar-refractivity contribution < 1.29 is 31.9 Å². The lowest BCUT2D eigenvalue weighted by atomic mass is 10.2. The Hall–Kier alpha value is -1.70. The lowest BCUT2D eigenvalue weighted by Gasteiger charge is -2.08. The molecule has 19 heavy (non-hydrogen) atoms. The highest BCUT2D eigenvalue weighted by Crippen LogP contribution is 2.23. The van der Waals surface area contributed by atoms with E-state index in [0.29, 0.717) is 0 Å². The van der Waals surface area contributed by atoms with Gasteiger partial charge >= 0.3 is 0 Å². The van der Waals surface area contributed by atoms with Crippen LogP contribution < -0.4 is 0 Å². The summed E-state index contributed by atoms with van der Waals surface area (Å²) >= 11 is 0. The molecule has 8 heteroatoms. The van der Waals surface area contributed by atoms with Gasteiger partial charge in [0.25, 0.3) is 0 Å². The zero-order valence-corrected chi connectivity index (χ0v) is 9.98. The van der Waals surface area contributed by atoms with Crippen LogP contribution in [0.3, 0.4) is 0 Å². The van der Waals surface area contributed by atoms with E-state index in [-0.39, 0.29) is 5.71 Å². The van der Waals surface area contributed by atoms with E-state index in [1.54, 1.807) is 0 Å². The number of aliphatic hydroxyl groups is 1.